The minimum atomic E-state index is -3.10. The molecule has 0 radical (unpaired) electrons. The van der Waals surface area contributed by atoms with Gasteiger partial charge in [0, 0.05) is 86.2 Å². The number of sulfone groups is 1. The minimum absolute atomic E-state index is 0.0342. The van der Waals surface area contributed by atoms with Crippen molar-refractivity contribution in [3.05, 3.63) is 55.0 Å². The highest BCUT2D eigenvalue weighted by Gasteiger charge is 2.46. The summed E-state index contributed by atoms with van der Waals surface area (Å²) in [5, 5.41) is 7.64. The molecule has 3 aromatic rings. The molecule has 3 fully saturated rings. The van der Waals surface area contributed by atoms with Gasteiger partial charge in [0.25, 0.3) is 0 Å². The van der Waals surface area contributed by atoms with Crippen molar-refractivity contribution in [1.29, 1.82) is 0 Å². The predicted octanol–water partition coefficient (Wildman–Crippen LogP) is 2.70. The largest absolute Gasteiger partial charge is 0.353 e. The minimum Gasteiger partial charge on any atom is -0.353 e. The molecule has 1 saturated carbocycles. The first-order valence-electron chi connectivity index (χ1n) is 13.9. The molecule has 3 aromatic heterocycles. The summed E-state index contributed by atoms with van der Waals surface area (Å²) in [4.78, 5) is 17.7. The average molecular weight is 583 g/mol. The van der Waals surface area contributed by atoms with Crippen LogP contribution < -0.4 is 15.5 Å². The molecule has 2 N–H and O–H groups in total. The van der Waals surface area contributed by atoms with Gasteiger partial charge in [0.1, 0.15) is 11.5 Å². The fourth-order valence-corrected chi connectivity index (χ4v) is 7.11. The lowest BCUT2D eigenvalue weighted by Gasteiger charge is -2.35. The Kier molecular flexibility index (Phi) is 6.36. The van der Waals surface area contributed by atoms with Crippen molar-refractivity contribution in [2.24, 2.45) is 0 Å². The second-order valence-corrected chi connectivity index (χ2v) is 13.8. The Morgan fingerprint density at radius 3 is 2.76 bits per heavy atom. The third kappa shape index (κ3) is 5.33. The van der Waals surface area contributed by atoms with Crippen LogP contribution in [0.2, 0.25) is 0 Å². The van der Waals surface area contributed by atoms with Gasteiger partial charge in [0.2, 0.25) is 5.95 Å². The molecule has 2 aliphatic carbocycles. The van der Waals surface area contributed by atoms with E-state index in [1.165, 1.54) is 25.0 Å². The number of nitrogens with zero attached hydrogens (tertiary/aromatic N) is 6. The molecular weight excluding hydrogens is 550 g/mol. The number of piperazine rings is 1. The van der Waals surface area contributed by atoms with E-state index in [9.17, 15) is 8.42 Å². The highest BCUT2D eigenvalue weighted by atomic mass is 32.2. The van der Waals surface area contributed by atoms with Crippen LogP contribution in [0.25, 0.3) is 16.7 Å². The molecule has 41 heavy (non-hydrogen) atoms. The van der Waals surface area contributed by atoms with Crippen LogP contribution in [-0.4, -0.2) is 101 Å². The van der Waals surface area contributed by atoms with Crippen LogP contribution in [0, 0.1) is 0 Å². The van der Waals surface area contributed by atoms with Crippen molar-refractivity contribution in [3.8, 4) is 0 Å². The number of anilines is 3. The van der Waals surface area contributed by atoms with Gasteiger partial charge in [-0.3, -0.25) is 4.90 Å². The molecule has 10 nitrogen and oxygen atoms in total. The summed E-state index contributed by atoms with van der Waals surface area (Å²) in [6.45, 7) is 2.98. The molecule has 13 heteroatoms. The fraction of sp³-hybridized carbons (Fsp3) is 0.464. The Hall–Kier alpha value is -3.42. The summed E-state index contributed by atoms with van der Waals surface area (Å²) in [7, 11) is -3.10. The van der Waals surface area contributed by atoms with Crippen molar-refractivity contribution < 1.29 is 17.2 Å². The van der Waals surface area contributed by atoms with Crippen LogP contribution in [0.1, 0.15) is 12.8 Å². The number of rotatable bonds is 6. The highest BCUT2D eigenvalue weighted by Crippen LogP contribution is 2.39. The van der Waals surface area contributed by atoms with Crippen LogP contribution >= 0.6 is 0 Å². The maximum atomic E-state index is 15.6. The van der Waals surface area contributed by atoms with Gasteiger partial charge in [-0.2, -0.15) is 4.98 Å². The van der Waals surface area contributed by atoms with Gasteiger partial charge in [-0.25, -0.2) is 27.2 Å². The Labute approximate surface area is 237 Å². The lowest BCUT2D eigenvalue weighted by Crippen LogP contribution is -2.52. The molecule has 2 unspecified atom stereocenters. The lowest BCUT2D eigenvalue weighted by atomic mass is 9.93. The van der Waals surface area contributed by atoms with E-state index in [0.29, 0.717) is 17.3 Å². The molecule has 1 spiro atoms. The summed E-state index contributed by atoms with van der Waals surface area (Å²) >= 11 is 0. The Morgan fingerprint density at radius 1 is 1.15 bits per heavy atom. The van der Waals surface area contributed by atoms with Gasteiger partial charge in [-0.1, -0.05) is 0 Å². The first-order valence-corrected chi connectivity index (χ1v) is 15.8. The summed E-state index contributed by atoms with van der Waals surface area (Å²) < 4.78 is 56.0. The van der Waals surface area contributed by atoms with Gasteiger partial charge in [-0.05, 0) is 43.2 Å². The monoisotopic (exact) mass is 582 g/mol. The van der Waals surface area contributed by atoms with Gasteiger partial charge in [-0.15, -0.1) is 0 Å². The molecule has 0 bridgehead atoms. The zero-order valence-electron chi connectivity index (χ0n) is 22.5. The van der Waals surface area contributed by atoms with E-state index >= 15 is 8.78 Å². The van der Waals surface area contributed by atoms with Crippen LogP contribution in [0.4, 0.5) is 26.2 Å². The summed E-state index contributed by atoms with van der Waals surface area (Å²) in [5.41, 5.74) is -0.166. The number of halogens is 2. The molecule has 0 amide bonds. The maximum Gasteiger partial charge on any atom is 0.229 e. The van der Waals surface area contributed by atoms with E-state index in [2.05, 4.69) is 25.5 Å². The second kappa shape index (κ2) is 9.85. The summed E-state index contributed by atoms with van der Waals surface area (Å²) in [6.07, 6.45) is 9.77. The van der Waals surface area contributed by atoms with E-state index in [0.717, 1.165) is 36.5 Å². The van der Waals surface area contributed by atoms with Gasteiger partial charge < -0.3 is 20.1 Å². The van der Waals surface area contributed by atoms with Gasteiger partial charge in [0.15, 0.2) is 21.7 Å². The first-order chi connectivity index (χ1) is 19.7. The number of aromatic nitrogens is 4. The molecular formula is C28H32F2N8O2S. The highest BCUT2D eigenvalue weighted by molar-refractivity contribution is 7.91. The first kappa shape index (κ1) is 26.5. The number of alkyl halides is 2. The number of pyridine rings is 1. The topological polar surface area (TPSA) is 108 Å². The van der Waals surface area contributed by atoms with E-state index in [4.69, 9.17) is 4.98 Å². The number of allylic oxidation sites excluding steroid dienone is 3. The number of nitrogens with one attached hydrogen (secondary N) is 2. The average Bonchev–Trinajstić information content (AvgIpc) is 3.56. The van der Waals surface area contributed by atoms with E-state index < -0.39 is 21.7 Å². The van der Waals surface area contributed by atoms with Gasteiger partial charge >= 0.3 is 0 Å². The molecule has 5 heterocycles. The molecule has 2 atom stereocenters. The quantitative estimate of drug-likeness (QED) is 0.454. The lowest BCUT2D eigenvalue weighted by molar-refractivity contribution is 0.0768. The van der Waals surface area contributed by atoms with Gasteiger partial charge in [0.05, 0.1) is 11.5 Å². The Balaban J connectivity index is 1.08. The number of hydrogen-bond donors (Lipinski definition) is 2. The van der Waals surface area contributed by atoms with Crippen LogP contribution in [0.5, 0.6) is 0 Å². The predicted molar refractivity (Wildman–Crippen MR) is 154 cm³/mol. The van der Waals surface area contributed by atoms with E-state index in [1.54, 1.807) is 34.1 Å². The molecule has 0 aromatic carbocycles. The van der Waals surface area contributed by atoms with Crippen LogP contribution in [0.15, 0.2) is 55.0 Å². The number of fused-ring (bicyclic) bond motifs is 1. The van der Waals surface area contributed by atoms with Crippen molar-refractivity contribution in [2.75, 3.05) is 61.0 Å². The normalized spacial score (nSPS) is 27.2. The van der Waals surface area contributed by atoms with Crippen molar-refractivity contribution in [2.45, 2.75) is 30.2 Å². The smallest absolute Gasteiger partial charge is 0.229 e. The standard InChI is InChI=1S/C28H32F2N8O2S/c29-23-16-22(1-4-28(23,30)19-36-11-13-41(39,40)14-12-36)38-9-3-20-17-32-26(35-25(20)38)34-21-2-7-31-24(15-21)37-10-8-33-27(18-37)5-6-27/h1-4,7,9,15-17,23,33H,5-6,8,10-14,18-19H2,(H,31,32,34,35). The zero-order valence-corrected chi connectivity index (χ0v) is 23.3. The third-order valence-electron chi connectivity index (χ3n) is 8.47. The fourth-order valence-electron chi connectivity index (χ4n) is 5.83. The zero-order chi connectivity index (χ0) is 28.2. The third-order valence-corrected chi connectivity index (χ3v) is 10.1. The SMILES string of the molecule is O=S1(=O)CCN(CC2(F)C=CC(n3ccc4cnc(Nc5ccnc(N6CCNC7(CC7)C6)c5)nc43)=CC2F)CC1. The molecule has 2 aliphatic heterocycles. The molecule has 2 saturated heterocycles. The Bertz CT molecular complexity index is 1640. The van der Waals surface area contributed by atoms with Crippen LogP contribution in [-0.2, 0) is 9.84 Å². The Morgan fingerprint density at radius 2 is 1.98 bits per heavy atom. The summed E-state index contributed by atoms with van der Waals surface area (Å²) in [5.74, 6) is 1.21. The second-order valence-electron chi connectivity index (χ2n) is 11.5. The molecule has 4 aliphatic rings. The van der Waals surface area contributed by atoms with E-state index in [1.807, 2.05) is 18.2 Å². The van der Waals surface area contributed by atoms with Crippen molar-refractivity contribution in [1.82, 2.24) is 29.7 Å². The van der Waals surface area contributed by atoms with Crippen LogP contribution in [0.3, 0.4) is 0 Å². The summed E-state index contributed by atoms with van der Waals surface area (Å²) in [6, 6.07) is 5.69. The molecule has 216 valence electrons. The van der Waals surface area contributed by atoms with E-state index in [-0.39, 0.29) is 36.7 Å². The molecule has 7 rings (SSSR count). The maximum absolute atomic E-state index is 15.6. The van der Waals surface area contributed by atoms with Crippen molar-refractivity contribution >= 4 is 44.0 Å². The number of hydrogen-bond acceptors (Lipinski definition) is 9. The van der Waals surface area contributed by atoms with Crippen molar-refractivity contribution in [3.63, 3.8) is 0 Å².